The lowest BCUT2D eigenvalue weighted by Gasteiger charge is -2.14. The number of alkyl halides is 2. The highest BCUT2D eigenvalue weighted by Gasteiger charge is 2.05. The molecular formula is C14H21F2N3O. The Labute approximate surface area is 118 Å². The van der Waals surface area contributed by atoms with Gasteiger partial charge in [0.05, 0.1) is 0 Å². The van der Waals surface area contributed by atoms with Crippen molar-refractivity contribution < 1.29 is 13.5 Å². The predicted molar refractivity (Wildman–Crippen MR) is 76.4 cm³/mol. The van der Waals surface area contributed by atoms with E-state index in [0.29, 0.717) is 18.3 Å². The first-order valence-corrected chi connectivity index (χ1v) is 6.48. The van der Waals surface area contributed by atoms with Crippen LogP contribution in [0.3, 0.4) is 0 Å². The van der Waals surface area contributed by atoms with Crippen LogP contribution in [0.5, 0.6) is 5.75 Å². The lowest BCUT2D eigenvalue weighted by molar-refractivity contribution is 0.0818. The average Bonchev–Trinajstić information content (AvgIpc) is 2.41. The van der Waals surface area contributed by atoms with Crippen LogP contribution in [0.4, 0.5) is 8.78 Å². The first kappa shape index (κ1) is 16.2. The molecule has 4 nitrogen and oxygen atoms in total. The minimum atomic E-state index is -2.47. The Balaban J connectivity index is 2.53. The van der Waals surface area contributed by atoms with Crippen LogP contribution in [-0.4, -0.2) is 32.1 Å². The van der Waals surface area contributed by atoms with Crippen molar-refractivity contribution >= 4 is 5.96 Å². The first-order valence-electron chi connectivity index (χ1n) is 6.48. The van der Waals surface area contributed by atoms with Crippen LogP contribution in [-0.2, 0) is 6.54 Å². The van der Waals surface area contributed by atoms with Crippen LogP contribution in [0.15, 0.2) is 29.3 Å². The van der Waals surface area contributed by atoms with Gasteiger partial charge in [0.1, 0.15) is 12.4 Å². The predicted octanol–water partition coefficient (Wildman–Crippen LogP) is 2.40. The third-order valence-electron chi connectivity index (χ3n) is 2.38. The maximum absolute atomic E-state index is 12.1. The molecule has 1 aromatic carbocycles. The average molecular weight is 285 g/mol. The van der Waals surface area contributed by atoms with Gasteiger partial charge in [-0.3, -0.25) is 4.99 Å². The quantitative estimate of drug-likeness (QED) is 0.623. The van der Waals surface area contributed by atoms with Gasteiger partial charge in [0.15, 0.2) is 5.96 Å². The Morgan fingerprint density at radius 1 is 1.35 bits per heavy atom. The van der Waals surface area contributed by atoms with Crippen LogP contribution >= 0.6 is 0 Å². The molecule has 1 aromatic rings. The zero-order valence-electron chi connectivity index (χ0n) is 12.0. The molecule has 0 bridgehead atoms. The van der Waals surface area contributed by atoms with Crippen LogP contribution in [0.25, 0.3) is 0 Å². The Hall–Kier alpha value is -1.85. The molecule has 0 radical (unpaired) electrons. The van der Waals surface area contributed by atoms with Gasteiger partial charge in [-0.2, -0.15) is 0 Å². The van der Waals surface area contributed by atoms with Gasteiger partial charge < -0.3 is 15.4 Å². The van der Waals surface area contributed by atoms with E-state index in [4.69, 9.17) is 4.74 Å². The second kappa shape index (κ2) is 8.35. The summed E-state index contributed by atoms with van der Waals surface area (Å²) in [5.74, 6) is 1.13. The zero-order valence-corrected chi connectivity index (χ0v) is 12.0. The number of aliphatic imine (C=N–C) groups is 1. The van der Waals surface area contributed by atoms with Crippen molar-refractivity contribution in [1.29, 1.82) is 0 Å². The Kier molecular flexibility index (Phi) is 6.76. The molecule has 0 aliphatic carbocycles. The highest BCUT2D eigenvalue weighted by Crippen LogP contribution is 2.14. The summed E-state index contributed by atoms with van der Waals surface area (Å²) in [7, 11) is 1.69. The van der Waals surface area contributed by atoms with E-state index in [1.807, 2.05) is 19.9 Å². The van der Waals surface area contributed by atoms with Crippen molar-refractivity contribution in [3.05, 3.63) is 29.8 Å². The lowest BCUT2D eigenvalue weighted by atomic mass is 10.2. The third kappa shape index (κ3) is 6.36. The molecule has 112 valence electrons. The zero-order chi connectivity index (χ0) is 15.0. The second-order valence-electron chi connectivity index (χ2n) is 4.57. The monoisotopic (exact) mass is 285 g/mol. The van der Waals surface area contributed by atoms with Crippen molar-refractivity contribution in [2.75, 3.05) is 13.7 Å². The minimum Gasteiger partial charge on any atom is -0.488 e. The summed E-state index contributed by atoms with van der Waals surface area (Å²) in [5.41, 5.74) is 0.934. The second-order valence-corrected chi connectivity index (χ2v) is 4.57. The van der Waals surface area contributed by atoms with Gasteiger partial charge in [-0.15, -0.1) is 0 Å². The molecule has 0 fully saturated rings. The third-order valence-corrected chi connectivity index (χ3v) is 2.38. The number of nitrogens with one attached hydrogen (secondary N) is 2. The van der Waals surface area contributed by atoms with Gasteiger partial charge in [0.25, 0.3) is 6.43 Å². The summed E-state index contributed by atoms with van der Waals surface area (Å²) < 4.78 is 29.1. The van der Waals surface area contributed by atoms with Crippen LogP contribution in [0.1, 0.15) is 19.4 Å². The van der Waals surface area contributed by atoms with E-state index >= 15 is 0 Å². The van der Waals surface area contributed by atoms with Gasteiger partial charge in [0, 0.05) is 19.6 Å². The van der Waals surface area contributed by atoms with Crippen LogP contribution in [0, 0.1) is 0 Å². The van der Waals surface area contributed by atoms with Gasteiger partial charge >= 0.3 is 0 Å². The molecule has 0 unspecified atom stereocenters. The number of rotatable bonds is 6. The summed E-state index contributed by atoms with van der Waals surface area (Å²) in [4.78, 5) is 4.09. The fourth-order valence-corrected chi connectivity index (χ4v) is 1.56. The fraction of sp³-hybridized carbons (Fsp3) is 0.500. The fourth-order valence-electron chi connectivity index (χ4n) is 1.56. The van der Waals surface area contributed by atoms with E-state index < -0.39 is 13.0 Å². The van der Waals surface area contributed by atoms with E-state index in [9.17, 15) is 8.78 Å². The van der Waals surface area contributed by atoms with E-state index in [-0.39, 0.29) is 6.04 Å². The smallest absolute Gasteiger partial charge is 0.272 e. The van der Waals surface area contributed by atoms with Gasteiger partial charge in [-0.1, -0.05) is 12.1 Å². The number of hydrogen-bond acceptors (Lipinski definition) is 2. The van der Waals surface area contributed by atoms with Gasteiger partial charge in [-0.25, -0.2) is 8.78 Å². The van der Waals surface area contributed by atoms with Crippen molar-refractivity contribution in [3.63, 3.8) is 0 Å². The molecule has 0 atom stereocenters. The Morgan fingerprint density at radius 3 is 2.70 bits per heavy atom. The van der Waals surface area contributed by atoms with E-state index in [1.165, 1.54) is 0 Å². The first-order chi connectivity index (χ1) is 9.51. The molecule has 2 N–H and O–H groups in total. The summed E-state index contributed by atoms with van der Waals surface area (Å²) in [6, 6.07) is 7.34. The number of benzene rings is 1. The number of ether oxygens (including phenoxy) is 1. The Bertz CT molecular complexity index is 436. The summed E-state index contributed by atoms with van der Waals surface area (Å²) in [6.45, 7) is 3.99. The largest absolute Gasteiger partial charge is 0.488 e. The van der Waals surface area contributed by atoms with E-state index in [2.05, 4.69) is 15.6 Å². The number of halogens is 2. The van der Waals surface area contributed by atoms with Crippen molar-refractivity contribution in [2.45, 2.75) is 32.9 Å². The van der Waals surface area contributed by atoms with E-state index in [1.54, 1.807) is 25.2 Å². The topological polar surface area (TPSA) is 45.7 Å². The summed E-state index contributed by atoms with van der Waals surface area (Å²) >= 11 is 0. The molecule has 0 aliphatic heterocycles. The van der Waals surface area contributed by atoms with E-state index in [0.717, 1.165) is 5.56 Å². The summed E-state index contributed by atoms with van der Waals surface area (Å²) in [5, 5.41) is 6.31. The van der Waals surface area contributed by atoms with Gasteiger partial charge in [0.2, 0.25) is 0 Å². The van der Waals surface area contributed by atoms with Crippen LogP contribution < -0.4 is 15.4 Å². The van der Waals surface area contributed by atoms with Crippen molar-refractivity contribution in [3.8, 4) is 5.75 Å². The van der Waals surface area contributed by atoms with Crippen molar-refractivity contribution in [1.82, 2.24) is 10.6 Å². The molecule has 0 aliphatic rings. The minimum absolute atomic E-state index is 0.280. The number of guanidine groups is 1. The maximum Gasteiger partial charge on any atom is 0.272 e. The molecule has 0 heterocycles. The maximum atomic E-state index is 12.1. The molecule has 0 spiro atoms. The molecule has 0 aromatic heterocycles. The molecule has 1 rings (SSSR count). The van der Waals surface area contributed by atoms with Crippen LogP contribution in [0.2, 0.25) is 0 Å². The number of nitrogens with zero attached hydrogens (tertiary/aromatic N) is 1. The highest BCUT2D eigenvalue weighted by molar-refractivity contribution is 5.79. The number of hydrogen-bond donors (Lipinski definition) is 2. The molecule has 20 heavy (non-hydrogen) atoms. The molecule has 0 amide bonds. The molecule has 6 heteroatoms. The summed E-state index contributed by atoms with van der Waals surface area (Å²) in [6.07, 6.45) is -2.47. The standard InChI is InChI=1S/C14H21F2N3O/c1-10(2)19-14(17-3)18-8-11-5-4-6-12(7-11)20-9-13(15)16/h4-7,10,13H,8-9H2,1-3H3,(H2,17,18,19). The highest BCUT2D eigenvalue weighted by atomic mass is 19.3. The lowest BCUT2D eigenvalue weighted by Crippen LogP contribution is -2.40. The van der Waals surface area contributed by atoms with Gasteiger partial charge in [-0.05, 0) is 31.5 Å². The molecule has 0 saturated carbocycles. The molecule has 0 saturated heterocycles. The Morgan fingerprint density at radius 2 is 2.10 bits per heavy atom. The van der Waals surface area contributed by atoms with Crippen molar-refractivity contribution in [2.24, 2.45) is 4.99 Å². The SMILES string of the molecule is CN=C(NCc1cccc(OCC(F)F)c1)NC(C)C. The normalized spacial score (nSPS) is 11.8. The molecular weight excluding hydrogens is 264 g/mol.